The van der Waals surface area contributed by atoms with E-state index in [1.807, 2.05) is 48.5 Å². The van der Waals surface area contributed by atoms with Crippen LogP contribution in [0.5, 0.6) is 11.5 Å². The molecule has 3 rings (SSSR count). The zero-order valence-corrected chi connectivity index (χ0v) is 15.7. The van der Waals surface area contributed by atoms with Crippen LogP contribution in [-0.2, 0) is 18.0 Å². The molecular formula is C22H19ClO5. The van der Waals surface area contributed by atoms with Crippen molar-refractivity contribution in [1.82, 2.24) is 0 Å². The molecule has 28 heavy (non-hydrogen) atoms. The number of hydrogen-bond acceptors (Lipinski definition) is 4. The highest BCUT2D eigenvalue weighted by Crippen LogP contribution is 2.36. The summed E-state index contributed by atoms with van der Waals surface area (Å²) in [4.78, 5) is 11.3. The fraction of sp³-hybridized carbons (Fsp3) is 0.136. The van der Waals surface area contributed by atoms with Crippen LogP contribution in [0.25, 0.3) is 0 Å². The number of para-hydroxylation sites is 1. The molecule has 2 N–H and O–H groups in total. The highest BCUT2D eigenvalue weighted by molar-refractivity contribution is 6.31. The Bertz CT molecular complexity index is 943. The van der Waals surface area contributed by atoms with E-state index in [-0.39, 0.29) is 24.5 Å². The SMILES string of the molecule is O=C(O)C(O)c1cccc(OCc2ccccc2Cl)c1OCc1ccccc1. The number of carboxylic acid groups (broad SMARTS) is 1. The summed E-state index contributed by atoms with van der Waals surface area (Å²) < 4.78 is 11.7. The van der Waals surface area contributed by atoms with Crippen molar-refractivity contribution >= 4 is 17.6 Å². The summed E-state index contributed by atoms with van der Waals surface area (Å²) in [6.45, 7) is 0.376. The number of aliphatic hydroxyl groups is 1. The summed E-state index contributed by atoms with van der Waals surface area (Å²) >= 11 is 6.17. The van der Waals surface area contributed by atoms with E-state index in [0.29, 0.717) is 10.8 Å². The first-order valence-electron chi connectivity index (χ1n) is 8.63. The Hall–Kier alpha value is -3.02. The molecule has 0 radical (unpaired) electrons. The number of rotatable bonds is 8. The van der Waals surface area contributed by atoms with E-state index in [9.17, 15) is 15.0 Å². The molecule has 0 aliphatic heterocycles. The van der Waals surface area contributed by atoms with Gasteiger partial charge in [-0.25, -0.2) is 4.79 Å². The minimum atomic E-state index is -1.73. The third-order valence-electron chi connectivity index (χ3n) is 4.10. The Balaban J connectivity index is 1.88. The molecule has 0 aliphatic rings. The van der Waals surface area contributed by atoms with Crippen LogP contribution in [0.15, 0.2) is 72.8 Å². The first-order valence-corrected chi connectivity index (χ1v) is 9.00. The van der Waals surface area contributed by atoms with Gasteiger partial charge in [0.15, 0.2) is 17.6 Å². The first kappa shape index (κ1) is 19.7. The van der Waals surface area contributed by atoms with E-state index in [4.69, 9.17) is 21.1 Å². The Morgan fingerprint density at radius 1 is 0.893 bits per heavy atom. The third-order valence-corrected chi connectivity index (χ3v) is 4.47. The van der Waals surface area contributed by atoms with Gasteiger partial charge in [0, 0.05) is 16.1 Å². The molecule has 0 bridgehead atoms. The van der Waals surface area contributed by atoms with Gasteiger partial charge in [-0.15, -0.1) is 0 Å². The van der Waals surface area contributed by atoms with E-state index < -0.39 is 12.1 Å². The van der Waals surface area contributed by atoms with Gasteiger partial charge in [-0.3, -0.25) is 0 Å². The van der Waals surface area contributed by atoms with E-state index in [0.717, 1.165) is 11.1 Å². The van der Waals surface area contributed by atoms with Crippen molar-refractivity contribution < 1.29 is 24.5 Å². The van der Waals surface area contributed by atoms with Gasteiger partial charge in [-0.05, 0) is 17.7 Å². The molecule has 0 aromatic heterocycles. The molecule has 6 heteroatoms. The van der Waals surface area contributed by atoms with E-state index in [1.165, 1.54) is 6.07 Å². The van der Waals surface area contributed by atoms with Crippen LogP contribution < -0.4 is 9.47 Å². The van der Waals surface area contributed by atoms with Crippen LogP contribution in [0.3, 0.4) is 0 Å². The third kappa shape index (κ3) is 4.82. The van der Waals surface area contributed by atoms with Crippen molar-refractivity contribution in [1.29, 1.82) is 0 Å². The van der Waals surface area contributed by atoms with Gasteiger partial charge in [-0.2, -0.15) is 0 Å². The molecule has 0 heterocycles. The lowest BCUT2D eigenvalue weighted by Gasteiger charge is -2.18. The number of carbonyl (C=O) groups is 1. The number of benzene rings is 3. The fourth-order valence-corrected chi connectivity index (χ4v) is 2.84. The topological polar surface area (TPSA) is 76.0 Å². The van der Waals surface area contributed by atoms with E-state index >= 15 is 0 Å². The molecule has 1 unspecified atom stereocenters. The molecule has 0 saturated carbocycles. The van der Waals surface area contributed by atoms with Crippen molar-refractivity contribution in [2.24, 2.45) is 0 Å². The predicted octanol–water partition coefficient (Wildman–Crippen LogP) is 4.62. The van der Waals surface area contributed by atoms with Crippen molar-refractivity contribution in [2.75, 3.05) is 0 Å². The van der Waals surface area contributed by atoms with Crippen LogP contribution in [0.4, 0.5) is 0 Å². The van der Waals surface area contributed by atoms with Crippen LogP contribution in [0.1, 0.15) is 22.8 Å². The molecule has 0 amide bonds. The maximum absolute atomic E-state index is 11.3. The fourth-order valence-electron chi connectivity index (χ4n) is 2.65. The van der Waals surface area contributed by atoms with Crippen LogP contribution in [0, 0.1) is 0 Å². The van der Waals surface area contributed by atoms with Gasteiger partial charge in [0.25, 0.3) is 0 Å². The van der Waals surface area contributed by atoms with Crippen LogP contribution in [-0.4, -0.2) is 16.2 Å². The summed E-state index contributed by atoms with van der Waals surface area (Å²) in [5.74, 6) is -0.852. The molecule has 0 saturated heterocycles. The Morgan fingerprint density at radius 3 is 2.32 bits per heavy atom. The second-order valence-corrected chi connectivity index (χ2v) is 6.48. The van der Waals surface area contributed by atoms with Crippen LogP contribution >= 0.6 is 11.6 Å². The van der Waals surface area contributed by atoms with Gasteiger partial charge < -0.3 is 19.7 Å². The summed E-state index contributed by atoms with van der Waals surface area (Å²) in [5.41, 5.74) is 1.81. The quantitative estimate of drug-likeness (QED) is 0.579. The minimum absolute atomic E-state index is 0.125. The highest BCUT2D eigenvalue weighted by atomic mass is 35.5. The van der Waals surface area contributed by atoms with Crippen LogP contribution in [0.2, 0.25) is 5.02 Å². The monoisotopic (exact) mass is 398 g/mol. The molecule has 0 spiro atoms. The normalized spacial score (nSPS) is 11.6. The maximum Gasteiger partial charge on any atom is 0.337 e. The average Bonchev–Trinajstić information content (AvgIpc) is 2.72. The zero-order chi connectivity index (χ0) is 19.9. The smallest absolute Gasteiger partial charge is 0.337 e. The summed E-state index contributed by atoms with van der Waals surface area (Å²) in [5, 5.41) is 19.9. The zero-order valence-electron chi connectivity index (χ0n) is 14.9. The van der Waals surface area contributed by atoms with Crippen molar-refractivity contribution in [3.8, 4) is 11.5 Å². The van der Waals surface area contributed by atoms with Crippen molar-refractivity contribution in [2.45, 2.75) is 19.3 Å². The number of aliphatic hydroxyl groups excluding tert-OH is 1. The summed E-state index contributed by atoms with van der Waals surface area (Å²) in [6.07, 6.45) is -1.73. The Morgan fingerprint density at radius 2 is 1.61 bits per heavy atom. The van der Waals surface area contributed by atoms with Crippen molar-refractivity contribution in [3.05, 3.63) is 94.5 Å². The van der Waals surface area contributed by atoms with E-state index in [2.05, 4.69) is 0 Å². The molecular weight excluding hydrogens is 380 g/mol. The molecule has 0 fully saturated rings. The lowest BCUT2D eigenvalue weighted by molar-refractivity contribution is -0.147. The second-order valence-electron chi connectivity index (χ2n) is 6.07. The molecule has 144 valence electrons. The molecule has 5 nitrogen and oxygen atoms in total. The Kier molecular flexibility index (Phi) is 6.53. The predicted molar refractivity (Wildman–Crippen MR) is 106 cm³/mol. The minimum Gasteiger partial charge on any atom is -0.485 e. The maximum atomic E-state index is 11.3. The Labute approximate surface area is 167 Å². The summed E-state index contributed by atoms with van der Waals surface area (Å²) in [7, 11) is 0. The van der Waals surface area contributed by atoms with Crippen molar-refractivity contribution in [3.63, 3.8) is 0 Å². The number of halogens is 1. The largest absolute Gasteiger partial charge is 0.485 e. The molecule has 3 aromatic carbocycles. The number of hydrogen-bond donors (Lipinski definition) is 2. The van der Waals surface area contributed by atoms with Gasteiger partial charge >= 0.3 is 5.97 Å². The van der Waals surface area contributed by atoms with Gasteiger partial charge in [0.1, 0.15) is 13.2 Å². The molecule has 3 aromatic rings. The molecule has 0 aliphatic carbocycles. The highest BCUT2D eigenvalue weighted by Gasteiger charge is 2.23. The first-order chi connectivity index (χ1) is 13.6. The number of carboxylic acids is 1. The van der Waals surface area contributed by atoms with Gasteiger partial charge in [0.2, 0.25) is 0 Å². The molecule has 1 atom stereocenters. The summed E-state index contributed by atoms with van der Waals surface area (Å²) in [6, 6.07) is 21.5. The number of ether oxygens (including phenoxy) is 2. The van der Waals surface area contributed by atoms with Gasteiger partial charge in [-0.1, -0.05) is 72.3 Å². The number of aliphatic carboxylic acids is 1. The average molecular weight is 399 g/mol. The lowest BCUT2D eigenvalue weighted by atomic mass is 10.1. The lowest BCUT2D eigenvalue weighted by Crippen LogP contribution is -2.13. The van der Waals surface area contributed by atoms with E-state index in [1.54, 1.807) is 18.2 Å². The second kappa shape index (κ2) is 9.26. The standard InChI is InChI=1S/C22H19ClO5/c23-18-11-5-4-9-16(18)14-27-19-12-6-10-17(20(24)22(25)26)21(19)28-13-15-7-2-1-3-8-15/h1-12,20,24H,13-14H2,(H,25,26). The van der Waals surface area contributed by atoms with Gasteiger partial charge in [0.05, 0.1) is 0 Å².